The lowest BCUT2D eigenvalue weighted by Crippen LogP contribution is -2.34. The van der Waals surface area contributed by atoms with Gasteiger partial charge in [-0.1, -0.05) is 19.1 Å². The second-order valence-electron chi connectivity index (χ2n) is 4.14. The number of anilines is 1. The Hall–Kier alpha value is -1.55. The fourth-order valence-electron chi connectivity index (χ4n) is 1.60. The molecule has 4 nitrogen and oxygen atoms in total. The number of nitrogen functional groups attached to an aromatic ring is 1. The molecule has 0 saturated heterocycles. The first-order valence-corrected chi connectivity index (χ1v) is 5.15. The van der Waals surface area contributed by atoms with Crippen molar-refractivity contribution in [3.05, 3.63) is 29.8 Å². The van der Waals surface area contributed by atoms with Gasteiger partial charge < -0.3 is 16.2 Å². The molecule has 1 rings (SSSR count). The predicted octanol–water partition coefficient (Wildman–Crippen LogP) is 1.05. The molecule has 0 aliphatic heterocycles. The van der Waals surface area contributed by atoms with E-state index in [1.807, 2.05) is 25.1 Å². The van der Waals surface area contributed by atoms with Gasteiger partial charge in [0.05, 0.1) is 13.5 Å². The van der Waals surface area contributed by atoms with E-state index in [0.29, 0.717) is 12.2 Å². The van der Waals surface area contributed by atoms with Gasteiger partial charge in [-0.25, -0.2) is 0 Å². The third-order valence-electron chi connectivity index (χ3n) is 2.80. The minimum absolute atomic E-state index is 0.253. The first kappa shape index (κ1) is 12.5. The standard InChI is InChI=1S/C12H18N2O2/c1-12(8-13,7-11(15)16-2)9-4-3-5-10(14)6-9/h3-6H,7-8,13-14H2,1-2H3. The lowest BCUT2D eigenvalue weighted by molar-refractivity contribution is -0.141. The van der Waals surface area contributed by atoms with Crippen molar-refractivity contribution in [3.8, 4) is 0 Å². The maximum absolute atomic E-state index is 11.3. The number of rotatable bonds is 4. The molecule has 1 aromatic rings. The van der Waals surface area contributed by atoms with Gasteiger partial charge in [-0.3, -0.25) is 4.79 Å². The highest BCUT2D eigenvalue weighted by atomic mass is 16.5. The average Bonchev–Trinajstić information content (AvgIpc) is 2.28. The molecule has 1 unspecified atom stereocenters. The topological polar surface area (TPSA) is 78.3 Å². The molecule has 4 heteroatoms. The SMILES string of the molecule is COC(=O)CC(C)(CN)c1cccc(N)c1. The molecule has 16 heavy (non-hydrogen) atoms. The van der Waals surface area contributed by atoms with Gasteiger partial charge in [-0.15, -0.1) is 0 Å². The highest BCUT2D eigenvalue weighted by Gasteiger charge is 2.28. The highest BCUT2D eigenvalue weighted by Crippen LogP contribution is 2.28. The number of ether oxygens (including phenoxy) is 1. The molecule has 0 saturated carbocycles. The summed E-state index contributed by atoms with van der Waals surface area (Å²) in [6.07, 6.45) is 0.253. The van der Waals surface area contributed by atoms with Crippen molar-refractivity contribution in [2.45, 2.75) is 18.8 Å². The van der Waals surface area contributed by atoms with Crippen LogP contribution in [0.4, 0.5) is 5.69 Å². The molecule has 0 aromatic heterocycles. The average molecular weight is 222 g/mol. The van der Waals surface area contributed by atoms with E-state index < -0.39 is 5.41 Å². The van der Waals surface area contributed by atoms with Gasteiger partial charge in [0.2, 0.25) is 0 Å². The van der Waals surface area contributed by atoms with Crippen LogP contribution in [0.5, 0.6) is 0 Å². The van der Waals surface area contributed by atoms with Crippen molar-refractivity contribution >= 4 is 11.7 Å². The Kier molecular flexibility index (Phi) is 3.90. The van der Waals surface area contributed by atoms with Gasteiger partial charge in [0.25, 0.3) is 0 Å². The molecule has 0 radical (unpaired) electrons. The number of hydrogen-bond acceptors (Lipinski definition) is 4. The molecule has 0 spiro atoms. The van der Waals surface area contributed by atoms with Crippen LogP contribution in [0, 0.1) is 0 Å². The molecule has 0 aliphatic carbocycles. The smallest absolute Gasteiger partial charge is 0.306 e. The van der Waals surface area contributed by atoms with Gasteiger partial charge >= 0.3 is 5.97 Å². The summed E-state index contributed by atoms with van der Waals surface area (Å²) in [5.41, 5.74) is 12.7. The van der Waals surface area contributed by atoms with Gasteiger partial charge in [0.1, 0.15) is 0 Å². The van der Waals surface area contributed by atoms with Gasteiger partial charge in [-0.05, 0) is 17.7 Å². The normalized spacial score (nSPS) is 14.2. The third kappa shape index (κ3) is 2.73. The molecule has 1 aromatic carbocycles. The summed E-state index contributed by atoms with van der Waals surface area (Å²) < 4.78 is 4.67. The summed E-state index contributed by atoms with van der Waals surface area (Å²) in [5, 5.41) is 0. The van der Waals surface area contributed by atoms with E-state index in [1.165, 1.54) is 7.11 Å². The van der Waals surface area contributed by atoms with Crippen LogP contribution < -0.4 is 11.5 Å². The number of nitrogens with two attached hydrogens (primary N) is 2. The van der Waals surface area contributed by atoms with E-state index in [4.69, 9.17) is 11.5 Å². The van der Waals surface area contributed by atoms with Crippen LogP contribution in [0.2, 0.25) is 0 Å². The first-order valence-electron chi connectivity index (χ1n) is 5.15. The Balaban J connectivity index is 2.99. The number of benzene rings is 1. The molecule has 88 valence electrons. The van der Waals surface area contributed by atoms with Gasteiger partial charge in [-0.2, -0.15) is 0 Å². The fraction of sp³-hybridized carbons (Fsp3) is 0.417. The summed E-state index contributed by atoms with van der Waals surface area (Å²) in [7, 11) is 1.37. The van der Waals surface area contributed by atoms with Gasteiger partial charge in [0.15, 0.2) is 0 Å². The first-order chi connectivity index (χ1) is 7.51. The van der Waals surface area contributed by atoms with E-state index in [9.17, 15) is 4.79 Å². The Labute approximate surface area is 95.6 Å². The second kappa shape index (κ2) is 4.99. The summed E-state index contributed by atoms with van der Waals surface area (Å²) >= 11 is 0. The summed E-state index contributed by atoms with van der Waals surface area (Å²) in [4.78, 5) is 11.3. The summed E-state index contributed by atoms with van der Waals surface area (Å²) in [5.74, 6) is -0.268. The molecular formula is C12H18N2O2. The van der Waals surface area contributed by atoms with Gasteiger partial charge in [0, 0.05) is 17.6 Å². The number of carbonyl (C=O) groups is 1. The van der Waals surface area contributed by atoms with E-state index in [-0.39, 0.29) is 12.4 Å². The number of methoxy groups -OCH3 is 1. The van der Waals surface area contributed by atoms with Crippen LogP contribution in [0.25, 0.3) is 0 Å². The predicted molar refractivity (Wildman–Crippen MR) is 63.9 cm³/mol. The second-order valence-corrected chi connectivity index (χ2v) is 4.14. The minimum atomic E-state index is -0.428. The molecule has 0 amide bonds. The number of carbonyl (C=O) groups excluding carboxylic acids is 1. The van der Waals surface area contributed by atoms with E-state index in [2.05, 4.69) is 4.74 Å². The maximum atomic E-state index is 11.3. The zero-order valence-corrected chi connectivity index (χ0v) is 9.69. The lowest BCUT2D eigenvalue weighted by Gasteiger charge is -2.27. The highest BCUT2D eigenvalue weighted by molar-refractivity contribution is 5.71. The van der Waals surface area contributed by atoms with Crippen LogP contribution in [-0.4, -0.2) is 19.6 Å². The monoisotopic (exact) mass is 222 g/mol. The van der Waals surface area contributed by atoms with Crippen molar-refractivity contribution in [3.63, 3.8) is 0 Å². The van der Waals surface area contributed by atoms with E-state index >= 15 is 0 Å². The Morgan fingerprint density at radius 2 is 2.19 bits per heavy atom. The number of esters is 1. The van der Waals surface area contributed by atoms with Crippen LogP contribution in [0.1, 0.15) is 18.9 Å². The molecule has 4 N–H and O–H groups in total. The Morgan fingerprint density at radius 1 is 1.50 bits per heavy atom. The molecule has 0 heterocycles. The third-order valence-corrected chi connectivity index (χ3v) is 2.80. The molecule has 1 atom stereocenters. The lowest BCUT2D eigenvalue weighted by atomic mass is 9.79. The summed E-state index contributed by atoms with van der Waals surface area (Å²) in [6.45, 7) is 2.30. The largest absolute Gasteiger partial charge is 0.469 e. The maximum Gasteiger partial charge on any atom is 0.306 e. The van der Waals surface area contributed by atoms with Crippen LogP contribution in [-0.2, 0) is 14.9 Å². The van der Waals surface area contributed by atoms with Crippen LogP contribution in [0.3, 0.4) is 0 Å². The molecule has 0 aliphatic rings. The van der Waals surface area contributed by atoms with Crippen molar-refractivity contribution in [1.29, 1.82) is 0 Å². The molecule has 0 bridgehead atoms. The Bertz CT molecular complexity index is 379. The summed E-state index contributed by atoms with van der Waals surface area (Å²) in [6, 6.07) is 7.43. The van der Waals surface area contributed by atoms with Crippen molar-refractivity contribution in [1.82, 2.24) is 0 Å². The molecular weight excluding hydrogens is 204 g/mol. The zero-order chi connectivity index (χ0) is 12.2. The van der Waals surface area contributed by atoms with Crippen LogP contribution >= 0.6 is 0 Å². The molecule has 0 fully saturated rings. The zero-order valence-electron chi connectivity index (χ0n) is 9.69. The van der Waals surface area contributed by atoms with Crippen LogP contribution in [0.15, 0.2) is 24.3 Å². The quantitative estimate of drug-likeness (QED) is 0.589. The Morgan fingerprint density at radius 3 is 2.69 bits per heavy atom. The van der Waals surface area contributed by atoms with Crippen molar-refractivity contribution in [2.75, 3.05) is 19.4 Å². The van der Waals surface area contributed by atoms with E-state index in [1.54, 1.807) is 6.07 Å². The van der Waals surface area contributed by atoms with Crippen molar-refractivity contribution in [2.24, 2.45) is 5.73 Å². The van der Waals surface area contributed by atoms with E-state index in [0.717, 1.165) is 5.56 Å². The number of hydrogen-bond donors (Lipinski definition) is 2. The fourth-order valence-corrected chi connectivity index (χ4v) is 1.60. The van der Waals surface area contributed by atoms with Crippen molar-refractivity contribution < 1.29 is 9.53 Å². The minimum Gasteiger partial charge on any atom is -0.469 e.